The SMILES string of the molecule is O=C(Nc1ccccc1F)C1=CCN(Cc2ccccc2)C1=O. The fourth-order valence-electron chi connectivity index (χ4n) is 2.42. The van der Waals surface area contributed by atoms with E-state index in [-0.39, 0.29) is 17.2 Å². The average molecular weight is 310 g/mol. The van der Waals surface area contributed by atoms with E-state index in [1.165, 1.54) is 18.2 Å². The number of carbonyl (C=O) groups excluding carboxylic acids is 2. The first-order valence-electron chi connectivity index (χ1n) is 7.24. The van der Waals surface area contributed by atoms with Gasteiger partial charge in [-0.1, -0.05) is 42.5 Å². The number of amides is 2. The molecule has 0 unspecified atom stereocenters. The minimum atomic E-state index is -0.587. The highest BCUT2D eigenvalue weighted by Crippen LogP contribution is 2.18. The molecule has 5 heteroatoms. The molecule has 1 aliphatic heterocycles. The van der Waals surface area contributed by atoms with Crippen LogP contribution in [0.2, 0.25) is 0 Å². The molecule has 0 aliphatic carbocycles. The van der Waals surface area contributed by atoms with Gasteiger partial charge in [-0.2, -0.15) is 0 Å². The molecule has 4 nitrogen and oxygen atoms in total. The topological polar surface area (TPSA) is 49.4 Å². The Hall–Kier alpha value is -2.95. The van der Waals surface area contributed by atoms with Gasteiger partial charge in [-0.15, -0.1) is 0 Å². The van der Waals surface area contributed by atoms with Gasteiger partial charge in [-0.25, -0.2) is 4.39 Å². The van der Waals surface area contributed by atoms with Crippen molar-refractivity contribution in [2.75, 3.05) is 11.9 Å². The second kappa shape index (κ2) is 6.44. The lowest BCUT2D eigenvalue weighted by atomic mass is 10.2. The van der Waals surface area contributed by atoms with Crippen LogP contribution in [0.3, 0.4) is 0 Å². The van der Waals surface area contributed by atoms with Crippen LogP contribution in [0.5, 0.6) is 0 Å². The molecule has 0 spiro atoms. The smallest absolute Gasteiger partial charge is 0.261 e. The van der Waals surface area contributed by atoms with Gasteiger partial charge >= 0.3 is 0 Å². The standard InChI is InChI=1S/C18H15FN2O2/c19-15-8-4-5-9-16(15)20-17(22)14-10-11-21(18(14)23)12-13-6-2-1-3-7-13/h1-10H,11-12H2,(H,20,22). The molecule has 0 saturated heterocycles. The number of rotatable bonds is 4. The maximum atomic E-state index is 13.6. The van der Waals surface area contributed by atoms with Crippen molar-refractivity contribution in [1.82, 2.24) is 4.90 Å². The Kier molecular flexibility index (Phi) is 4.19. The van der Waals surface area contributed by atoms with Gasteiger partial charge in [0, 0.05) is 13.1 Å². The summed E-state index contributed by atoms with van der Waals surface area (Å²) in [6.07, 6.45) is 1.57. The van der Waals surface area contributed by atoms with Crippen LogP contribution in [0.15, 0.2) is 66.2 Å². The van der Waals surface area contributed by atoms with Crippen molar-refractivity contribution in [2.45, 2.75) is 6.54 Å². The predicted octanol–water partition coefficient (Wildman–Crippen LogP) is 2.73. The molecule has 2 aromatic rings. The summed E-state index contributed by atoms with van der Waals surface area (Å²) >= 11 is 0. The zero-order valence-corrected chi connectivity index (χ0v) is 12.3. The normalized spacial score (nSPS) is 13.9. The van der Waals surface area contributed by atoms with E-state index in [2.05, 4.69) is 5.32 Å². The minimum absolute atomic E-state index is 0.0455. The summed E-state index contributed by atoms with van der Waals surface area (Å²) in [5, 5.41) is 2.44. The van der Waals surface area contributed by atoms with E-state index in [0.29, 0.717) is 13.1 Å². The van der Waals surface area contributed by atoms with Gasteiger partial charge in [0.2, 0.25) is 0 Å². The van der Waals surface area contributed by atoms with Crippen molar-refractivity contribution >= 4 is 17.5 Å². The van der Waals surface area contributed by atoms with Crippen LogP contribution in [0.4, 0.5) is 10.1 Å². The monoisotopic (exact) mass is 310 g/mol. The van der Waals surface area contributed by atoms with Crippen LogP contribution >= 0.6 is 0 Å². The molecule has 2 amide bonds. The lowest BCUT2D eigenvalue weighted by Crippen LogP contribution is -2.30. The van der Waals surface area contributed by atoms with E-state index in [0.717, 1.165) is 5.56 Å². The van der Waals surface area contributed by atoms with Crippen molar-refractivity contribution in [3.05, 3.63) is 77.6 Å². The Bertz CT molecular complexity index is 772. The Labute approximate surface area is 133 Å². The molecule has 2 aromatic carbocycles. The first-order valence-corrected chi connectivity index (χ1v) is 7.24. The molecule has 0 saturated carbocycles. The zero-order valence-electron chi connectivity index (χ0n) is 12.3. The highest BCUT2D eigenvalue weighted by atomic mass is 19.1. The molecule has 116 valence electrons. The first-order chi connectivity index (χ1) is 11.1. The van der Waals surface area contributed by atoms with Crippen molar-refractivity contribution in [3.63, 3.8) is 0 Å². The van der Waals surface area contributed by atoms with Crippen molar-refractivity contribution in [3.8, 4) is 0 Å². The lowest BCUT2D eigenvalue weighted by Gasteiger charge is -2.16. The van der Waals surface area contributed by atoms with E-state index < -0.39 is 11.7 Å². The highest BCUT2D eigenvalue weighted by molar-refractivity contribution is 6.23. The zero-order chi connectivity index (χ0) is 16.2. The molecule has 0 fully saturated rings. The quantitative estimate of drug-likeness (QED) is 0.883. The number of hydrogen-bond acceptors (Lipinski definition) is 2. The minimum Gasteiger partial charge on any atom is -0.330 e. The third-order valence-electron chi connectivity index (χ3n) is 3.62. The second-order valence-corrected chi connectivity index (χ2v) is 5.22. The summed E-state index contributed by atoms with van der Waals surface area (Å²) in [5.74, 6) is -1.47. The molecule has 1 N–H and O–H groups in total. The summed E-state index contributed by atoms with van der Waals surface area (Å²) in [4.78, 5) is 26.1. The molecule has 0 radical (unpaired) electrons. The van der Waals surface area contributed by atoms with Gasteiger partial charge in [0.05, 0.1) is 5.69 Å². The summed E-state index contributed by atoms with van der Waals surface area (Å²) < 4.78 is 13.6. The number of carbonyl (C=O) groups is 2. The highest BCUT2D eigenvalue weighted by Gasteiger charge is 2.29. The summed E-state index contributed by atoms with van der Waals surface area (Å²) in [5.41, 5.74) is 1.10. The number of hydrogen-bond donors (Lipinski definition) is 1. The molecule has 23 heavy (non-hydrogen) atoms. The summed E-state index contributed by atoms with van der Waals surface area (Å²) in [6, 6.07) is 15.4. The lowest BCUT2D eigenvalue weighted by molar-refractivity contribution is -0.128. The molecular formula is C18H15FN2O2. The van der Waals surface area contributed by atoms with Gasteiger partial charge in [0.15, 0.2) is 0 Å². The average Bonchev–Trinajstić information content (AvgIpc) is 2.92. The van der Waals surface area contributed by atoms with Crippen molar-refractivity contribution < 1.29 is 14.0 Å². The Morgan fingerprint density at radius 2 is 1.78 bits per heavy atom. The third kappa shape index (κ3) is 3.29. The number of para-hydroxylation sites is 1. The largest absolute Gasteiger partial charge is 0.330 e. The van der Waals surface area contributed by atoms with Crippen LogP contribution in [-0.4, -0.2) is 23.3 Å². The summed E-state index contributed by atoms with van der Waals surface area (Å²) in [6.45, 7) is 0.806. The first kappa shape index (κ1) is 15.0. The molecular weight excluding hydrogens is 295 g/mol. The summed E-state index contributed by atoms with van der Waals surface area (Å²) in [7, 11) is 0. The van der Waals surface area contributed by atoms with Crippen molar-refractivity contribution in [1.29, 1.82) is 0 Å². The fraction of sp³-hybridized carbons (Fsp3) is 0.111. The number of nitrogens with zero attached hydrogens (tertiary/aromatic N) is 1. The number of halogens is 1. The predicted molar refractivity (Wildman–Crippen MR) is 85.0 cm³/mol. The van der Waals surface area contributed by atoms with E-state index in [1.54, 1.807) is 17.0 Å². The van der Waals surface area contributed by atoms with E-state index >= 15 is 0 Å². The van der Waals surface area contributed by atoms with Gasteiger partial charge in [-0.05, 0) is 23.8 Å². The van der Waals surface area contributed by atoms with Gasteiger partial charge < -0.3 is 10.2 Å². The van der Waals surface area contributed by atoms with Gasteiger partial charge in [-0.3, -0.25) is 9.59 Å². The van der Waals surface area contributed by atoms with Crippen LogP contribution in [-0.2, 0) is 16.1 Å². The molecule has 0 bridgehead atoms. The van der Waals surface area contributed by atoms with E-state index in [1.807, 2.05) is 30.3 Å². The Balaban J connectivity index is 1.66. The van der Waals surface area contributed by atoms with Gasteiger partial charge in [0.25, 0.3) is 11.8 Å². The number of nitrogens with one attached hydrogen (secondary N) is 1. The Morgan fingerprint density at radius 1 is 1.09 bits per heavy atom. The molecule has 0 atom stereocenters. The third-order valence-corrected chi connectivity index (χ3v) is 3.62. The van der Waals surface area contributed by atoms with E-state index in [9.17, 15) is 14.0 Å². The maximum absolute atomic E-state index is 13.6. The van der Waals surface area contributed by atoms with E-state index in [4.69, 9.17) is 0 Å². The van der Waals surface area contributed by atoms with Crippen LogP contribution in [0.1, 0.15) is 5.56 Å². The maximum Gasteiger partial charge on any atom is 0.261 e. The van der Waals surface area contributed by atoms with Gasteiger partial charge in [0.1, 0.15) is 11.4 Å². The van der Waals surface area contributed by atoms with Crippen molar-refractivity contribution in [2.24, 2.45) is 0 Å². The van der Waals surface area contributed by atoms with Crippen LogP contribution in [0.25, 0.3) is 0 Å². The Morgan fingerprint density at radius 3 is 2.52 bits per heavy atom. The number of benzene rings is 2. The molecule has 1 aliphatic rings. The fourth-order valence-corrected chi connectivity index (χ4v) is 2.42. The second-order valence-electron chi connectivity index (χ2n) is 5.22. The molecule has 3 rings (SSSR count). The van der Waals surface area contributed by atoms with Crippen LogP contribution in [0, 0.1) is 5.82 Å². The molecule has 1 heterocycles. The van der Waals surface area contributed by atoms with Crippen LogP contribution < -0.4 is 5.32 Å². The molecule has 0 aromatic heterocycles. The number of anilines is 1.